The number of halogens is 1. The number of hydrogen-bond donors (Lipinski definition) is 1. The van der Waals surface area contributed by atoms with Gasteiger partial charge in [-0.05, 0) is 95.2 Å². The van der Waals surface area contributed by atoms with E-state index in [1.165, 1.54) is 3.57 Å². The molecule has 0 aliphatic carbocycles. The summed E-state index contributed by atoms with van der Waals surface area (Å²) < 4.78 is 17.9. The van der Waals surface area contributed by atoms with E-state index in [4.69, 9.17) is 14.2 Å². The summed E-state index contributed by atoms with van der Waals surface area (Å²) in [5.41, 5.74) is 4.86. The van der Waals surface area contributed by atoms with Gasteiger partial charge in [0, 0.05) is 9.13 Å². The number of hydrogen-bond acceptors (Lipinski definition) is 5. The lowest BCUT2D eigenvalue weighted by Gasteiger charge is -2.11. The Labute approximate surface area is 195 Å². The lowest BCUT2D eigenvalue weighted by atomic mass is 10.2. The first-order chi connectivity index (χ1) is 15.1. The molecule has 7 heteroatoms. The quantitative estimate of drug-likeness (QED) is 0.239. The van der Waals surface area contributed by atoms with Crippen LogP contribution in [0.4, 0.5) is 0 Å². The molecule has 0 aliphatic heterocycles. The normalized spacial score (nSPS) is 10.7. The molecule has 0 fully saturated rings. The van der Waals surface area contributed by atoms with Crippen LogP contribution in [0.2, 0.25) is 0 Å². The standard InChI is InChI=1S/C24H23IN2O4/c1-3-30-21-11-7-19(8-12-21)24(28)27-26-15-18-6-13-22(23(14-18)29-2)31-16-17-4-9-20(25)10-5-17/h4-15H,3,16H2,1-2H3,(H,27,28)/b26-15+. The number of hydrazone groups is 1. The van der Waals surface area contributed by atoms with E-state index in [9.17, 15) is 4.79 Å². The van der Waals surface area contributed by atoms with Crippen LogP contribution in [0.25, 0.3) is 0 Å². The molecule has 3 aromatic carbocycles. The molecule has 0 spiro atoms. The Hall–Kier alpha value is -3.07. The minimum Gasteiger partial charge on any atom is -0.494 e. The highest BCUT2D eigenvalue weighted by molar-refractivity contribution is 14.1. The molecule has 160 valence electrons. The maximum absolute atomic E-state index is 12.2. The van der Waals surface area contributed by atoms with Crippen molar-refractivity contribution in [2.45, 2.75) is 13.5 Å². The first-order valence-corrected chi connectivity index (χ1v) is 10.8. The second-order valence-corrected chi connectivity index (χ2v) is 7.73. The van der Waals surface area contributed by atoms with Crippen molar-refractivity contribution in [1.29, 1.82) is 0 Å². The molecule has 0 aliphatic rings. The Morgan fingerprint density at radius 1 is 1.00 bits per heavy atom. The van der Waals surface area contributed by atoms with E-state index >= 15 is 0 Å². The van der Waals surface area contributed by atoms with Gasteiger partial charge in [-0.25, -0.2) is 5.43 Å². The van der Waals surface area contributed by atoms with Crippen molar-refractivity contribution in [1.82, 2.24) is 5.43 Å². The highest BCUT2D eigenvalue weighted by Crippen LogP contribution is 2.28. The molecule has 0 aromatic heterocycles. The molecule has 0 heterocycles. The van der Waals surface area contributed by atoms with E-state index in [0.29, 0.717) is 30.3 Å². The van der Waals surface area contributed by atoms with Gasteiger partial charge in [-0.1, -0.05) is 12.1 Å². The van der Waals surface area contributed by atoms with E-state index in [1.54, 1.807) is 43.7 Å². The smallest absolute Gasteiger partial charge is 0.271 e. The van der Waals surface area contributed by atoms with Crippen LogP contribution < -0.4 is 19.6 Å². The molecule has 1 amide bonds. The number of rotatable bonds is 9. The topological polar surface area (TPSA) is 69.2 Å². The third kappa shape index (κ3) is 6.71. The van der Waals surface area contributed by atoms with Gasteiger partial charge in [0.25, 0.3) is 5.91 Å². The predicted octanol–water partition coefficient (Wildman–Crippen LogP) is 5.04. The van der Waals surface area contributed by atoms with Crippen LogP contribution in [-0.4, -0.2) is 25.8 Å². The number of nitrogens with one attached hydrogen (secondary N) is 1. The SMILES string of the molecule is CCOc1ccc(C(=O)N/N=C/c2ccc(OCc3ccc(I)cc3)c(OC)c2)cc1. The second-order valence-electron chi connectivity index (χ2n) is 6.48. The number of carbonyl (C=O) groups excluding carboxylic acids is 1. The highest BCUT2D eigenvalue weighted by Gasteiger charge is 2.07. The van der Waals surface area contributed by atoms with Crippen molar-refractivity contribution in [2.75, 3.05) is 13.7 Å². The van der Waals surface area contributed by atoms with Crippen LogP contribution in [-0.2, 0) is 6.61 Å². The molecule has 0 saturated heterocycles. The third-order valence-corrected chi connectivity index (χ3v) is 5.02. The zero-order valence-corrected chi connectivity index (χ0v) is 19.5. The number of amides is 1. The minimum atomic E-state index is -0.302. The molecule has 0 bridgehead atoms. The van der Waals surface area contributed by atoms with Crippen molar-refractivity contribution in [3.05, 3.63) is 87.0 Å². The minimum absolute atomic E-state index is 0.302. The van der Waals surface area contributed by atoms with Gasteiger partial charge < -0.3 is 14.2 Å². The summed E-state index contributed by atoms with van der Waals surface area (Å²) in [5.74, 6) is 1.65. The molecule has 3 rings (SSSR count). The molecule has 3 aromatic rings. The maximum Gasteiger partial charge on any atom is 0.271 e. The van der Waals surface area contributed by atoms with Crippen LogP contribution >= 0.6 is 22.6 Å². The zero-order valence-electron chi connectivity index (χ0n) is 17.3. The molecule has 6 nitrogen and oxygen atoms in total. The number of ether oxygens (including phenoxy) is 3. The number of nitrogens with zero attached hydrogens (tertiary/aromatic N) is 1. The molecule has 31 heavy (non-hydrogen) atoms. The Kier molecular flexibility index (Phi) is 8.28. The van der Waals surface area contributed by atoms with Crippen LogP contribution in [0.15, 0.2) is 71.8 Å². The summed E-state index contributed by atoms with van der Waals surface area (Å²) >= 11 is 2.27. The van der Waals surface area contributed by atoms with E-state index in [2.05, 4.69) is 33.1 Å². The molecule has 0 saturated carbocycles. The Morgan fingerprint density at radius 3 is 2.42 bits per heavy atom. The summed E-state index contributed by atoms with van der Waals surface area (Å²) in [6.07, 6.45) is 1.55. The van der Waals surface area contributed by atoms with Crippen LogP contribution in [0.1, 0.15) is 28.4 Å². The van der Waals surface area contributed by atoms with Crippen molar-refractivity contribution in [3.63, 3.8) is 0 Å². The molecule has 0 unspecified atom stereocenters. The average Bonchev–Trinajstić information content (AvgIpc) is 2.79. The zero-order chi connectivity index (χ0) is 22.1. The summed E-state index contributed by atoms with van der Waals surface area (Å²) in [4.78, 5) is 12.2. The fourth-order valence-electron chi connectivity index (χ4n) is 2.72. The van der Waals surface area contributed by atoms with Gasteiger partial charge in [-0.2, -0.15) is 5.10 Å². The predicted molar refractivity (Wildman–Crippen MR) is 129 cm³/mol. The average molecular weight is 530 g/mol. The van der Waals surface area contributed by atoms with Crippen LogP contribution in [0.5, 0.6) is 17.2 Å². The fraction of sp³-hybridized carbons (Fsp3) is 0.167. The lowest BCUT2D eigenvalue weighted by Crippen LogP contribution is -2.17. The van der Waals surface area contributed by atoms with Gasteiger partial charge in [0.1, 0.15) is 12.4 Å². The summed E-state index contributed by atoms with van der Waals surface area (Å²) in [7, 11) is 1.59. The van der Waals surface area contributed by atoms with Crippen molar-refractivity contribution >= 4 is 34.7 Å². The Bertz CT molecular complexity index is 1030. The third-order valence-electron chi connectivity index (χ3n) is 4.30. The Morgan fingerprint density at radius 2 is 1.74 bits per heavy atom. The lowest BCUT2D eigenvalue weighted by molar-refractivity contribution is 0.0955. The van der Waals surface area contributed by atoms with Crippen molar-refractivity contribution in [3.8, 4) is 17.2 Å². The number of carbonyl (C=O) groups is 1. The van der Waals surface area contributed by atoms with E-state index < -0.39 is 0 Å². The van der Waals surface area contributed by atoms with Crippen molar-refractivity contribution in [2.24, 2.45) is 5.10 Å². The first-order valence-electron chi connectivity index (χ1n) is 9.70. The van der Waals surface area contributed by atoms with Gasteiger partial charge in [-0.3, -0.25) is 4.79 Å². The molecular formula is C24H23IN2O4. The van der Waals surface area contributed by atoms with E-state index in [-0.39, 0.29) is 5.91 Å². The molecular weight excluding hydrogens is 507 g/mol. The Balaban J connectivity index is 1.58. The van der Waals surface area contributed by atoms with Gasteiger partial charge in [0.2, 0.25) is 0 Å². The molecule has 1 N–H and O–H groups in total. The number of benzene rings is 3. The summed E-state index contributed by atoms with van der Waals surface area (Å²) in [5, 5.41) is 4.03. The second kappa shape index (κ2) is 11.4. The van der Waals surface area contributed by atoms with Gasteiger partial charge in [0.05, 0.1) is 19.9 Å². The van der Waals surface area contributed by atoms with Gasteiger partial charge in [-0.15, -0.1) is 0 Å². The van der Waals surface area contributed by atoms with Crippen molar-refractivity contribution < 1.29 is 19.0 Å². The first kappa shape index (κ1) is 22.6. The van der Waals surface area contributed by atoms with Gasteiger partial charge in [0.15, 0.2) is 11.5 Å². The van der Waals surface area contributed by atoms with Crippen LogP contribution in [0, 0.1) is 3.57 Å². The fourth-order valence-corrected chi connectivity index (χ4v) is 3.08. The number of methoxy groups -OCH3 is 1. The summed E-state index contributed by atoms with van der Waals surface area (Å²) in [6, 6.07) is 20.5. The summed E-state index contributed by atoms with van der Waals surface area (Å²) in [6.45, 7) is 2.93. The highest BCUT2D eigenvalue weighted by atomic mass is 127. The van der Waals surface area contributed by atoms with Crippen LogP contribution in [0.3, 0.4) is 0 Å². The van der Waals surface area contributed by atoms with E-state index in [0.717, 1.165) is 16.9 Å². The largest absolute Gasteiger partial charge is 0.494 e. The maximum atomic E-state index is 12.2. The molecule has 0 radical (unpaired) electrons. The monoisotopic (exact) mass is 530 g/mol. The van der Waals surface area contributed by atoms with Gasteiger partial charge >= 0.3 is 0 Å². The molecule has 0 atom stereocenters. The van der Waals surface area contributed by atoms with E-state index in [1.807, 2.05) is 43.3 Å².